The van der Waals surface area contributed by atoms with Crippen molar-refractivity contribution in [1.29, 1.82) is 0 Å². The summed E-state index contributed by atoms with van der Waals surface area (Å²) in [4.78, 5) is 38.4. The zero-order chi connectivity index (χ0) is 19.6. The van der Waals surface area contributed by atoms with Crippen molar-refractivity contribution in [3.05, 3.63) is 67.3 Å². The Morgan fingerprint density at radius 1 is 0.931 bits per heavy atom. The summed E-state index contributed by atoms with van der Waals surface area (Å²) in [7, 11) is 0. The van der Waals surface area contributed by atoms with Gasteiger partial charge in [0.1, 0.15) is 30.0 Å². The number of carbonyl (C=O) groups excluding carboxylic acids is 1. The standard InChI is InChI=1S/C20H18N8O/c29-20(17-12-22-15-3-1-2-4-16(15)25-17)27-9-7-26(8-10-27)18-11-19(24-13-23-18)28-6-5-21-14-28/h1-6,11-14H,7-10H2. The molecule has 0 radical (unpaired) electrons. The zero-order valence-electron chi connectivity index (χ0n) is 15.6. The highest BCUT2D eigenvalue weighted by atomic mass is 16.2. The van der Waals surface area contributed by atoms with Crippen LogP contribution in [0.1, 0.15) is 10.5 Å². The number of fused-ring (bicyclic) bond motifs is 1. The molecule has 0 bridgehead atoms. The SMILES string of the molecule is O=C(c1cnc2ccccc2n1)N1CCN(c2cc(-n3ccnc3)ncn2)CC1. The molecule has 4 aromatic rings. The molecule has 4 heterocycles. The molecule has 0 aliphatic carbocycles. The van der Waals surface area contributed by atoms with E-state index in [1.807, 2.05) is 46.0 Å². The van der Waals surface area contributed by atoms with Crippen LogP contribution in [0.25, 0.3) is 16.9 Å². The maximum atomic E-state index is 12.9. The highest BCUT2D eigenvalue weighted by Gasteiger charge is 2.24. The van der Waals surface area contributed by atoms with Crippen molar-refractivity contribution in [3.8, 4) is 5.82 Å². The van der Waals surface area contributed by atoms with Crippen LogP contribution in [0.2, 0.25) is 0 Å². The van der Waals surface area contributed by atoms with E-state index in [-0.39, 0.29) is 5.91 Å². The third-order valence-corrected chi connectivity index (χ3v) is 4.97. The van der Waals surface area contributed by atoms with E-state index in [1.165, 1.54) is 0 Å². The summed E-state index contributed by atoms with van der Waals surface area (Å²) in [5.74, 6) is 1.50. The van der Waals surface area contributed by atoms with E-state index in [0.717, 1.165) is 22.7 Å². The number of benzene rings is 1. The summed E-state index contributed by atoms with van der Waals surface area (Å²) in [6.45, 7) is 2.57. The maximum absolute atomic E-state index is 12.9. The van der Waals surface area contributed by atoms with Crippen molar-refractivity contribution >= 4 is 22.8 Å². The Hall–Kier alpha value is -3.88. The minimum atomic E-state index is -0.0929. The average molecular weight is 386 g/mol. The number of rotatable bonds is 3. The lowest BCUT2D eigenvalue weighted by Crippen LogP contribution is -2.49. The number of hydrogen-bond acceptors (Lipinski definition) is 7. The Morgan fingerprint density at radius 3 is 2.52 bits per heavy atom. The molecule has 1 fully saturated rings. The Morgan fingerprint density at radius 2 is 1.72 bits per heavy atom. The predicted molar refractivity (Wildman–Crippen MR) is 107 cm³/mol. The van der Waals surface area contributed by atoms with Crippen LogP contribution in [0.4, 0.5) is 5.82 Å². The molecule has 0 N–H and O–H groups in total. The number of nitrogens with zero attached hydrogens (tertiary/aromatic N) is 8. The van der Waals surface area contributed by atoms with Crippen LogP contribution in [-0.4, -0.2) is 66.5 Å². The Balaban J connectivity index is 1.28. The van der Waals surface area contributed by atoms with Crippen LogP contribution < -0.4 is 4.90 Å². The predicted octanol–water partition coefficient (Wildman–Crippen LogP) is 1.57. The van der Waals surface area contributed by atoms with Crippen LogP contribution in [0, 0.1) is 0 Å². The summed E-state index contributed by atoms with van der Waals surface area (Å²) in [6, 6.07) is 9.47. The molecule has 0 unspecified atom stereocenters. The van der Waals surface area contributed by atoms with E-state index in [9.17, 15) is 4.79 Å². The fourth-order valence-corrected chi connectivity index (χ4v) is 3.41. The Bertz CT molecular complexity index is 1150. The largest absolute Gasteiger partial charge is 0.353 e. The first kappa shape index (κ1) is 17.2. The number of anilines is 1. The van der Waals surface area contributed by atoms with Crippen molar-refractivity contribution in [2.45, 2.75) is 0 Å². The first-order chi connectivity index (χ1) is 14.3. The number of carbonyl (C=O) groups is 1. The van der Waals surface area contributed by atoms with Crippen molar-refractivity contribution < 1.29 is 4.79 Å². The Labute approximate surface area is 166 Å². The van der Waals surface area contributed by atoms with Gasteiger partial charge in [0.05, 0.1) is 17.2 Å². The van der Waals surface area contributed by atoms with Gasteiger partial charge in [-0.25, -0.2) is 19.9 Å². The molecular weight excluding hydrogens is 368 g/mol. The summed E-state index contributed by atoms with van der Waals surface area (Å²) < 4.78 is 1.84. The lowest BCUT2D eigenvalue weighted by Gasteiger charge is -2.35. The van der Waals surface area contributed by atoms with E-state index < -0.39 is 0 Å². The molecule has 1 aliphatic rings. The minimum Gasteiger partial charge on any atom is -0.353 e. The van der Waals surface area contributed by atoms with Crippen molar-refractivity contribution in [2.24, 2.45) is 0 Å². The summed E-state index contributed by atoms with van der Waals surface area (Å²) in [6.07, 6.45) is 8.36. The number of amides is 1. The van der Waals surface area contributed by atoms with Gasteiger partial charge in [0.25, 0.3) is 5.91 Å². The molecule has 3 aromatic heterocycles. The van der Waals surface area contributed by atoms with Gasteiger partial charge in [-0.15, -0.1) is 0 Å². The van der Waals surface area contributed by atoms with Crippen LogP contribution in [0.5, 0.6) is 0 Å². The van der Waals surface area contributed by atoms with Crippen LogP contribution in [-0.2, 0) is 0 Å². The molecule has 0 saturated carbocycles. The van der Waals surface area contributed by atoms with E-state index in [0.29, 0.717) is 31.9 Å². The van der Waals surface area contributed by atoms with Gasteiger partial charge >= 0.3 is 0 Å². The number of imidazole rings is 1. The van der Waals surface area contributed by atoms with E-state index in [4.69, 9.17) is 0 Å². The van der Waals surface area contributed by atoms with E-state index in [1.54, 1.807) is 25.0 Å². The fourth-order valence-electron chi connectivity index (χ4n) is 3.41. The summed E-state index contributed by atoms with van der Waals surface area (Å²) in [5.41, 5.74) is 1.89. The number of hydrogen-bond donors (Lipinski definition) is 0. The van der Waals surface area contributed by atoms with Gasteiger partial charge in [0.15, 0.2) is 0 Å². The van der Waals surface area contributed by atoms with Gasteiger partial charge in [0, 0.05) is 44.6 Å². The van der Waals surface area contributed by atoms with E-state index >= 15 is 0 Å². The highest BCUT2D eigenvalue weighted by Crippen LogP contribution is 2.17. The van der Waals surface area contributed by atoms with Gasteiger partial charge in [-0.3, -0.25) is 14.3 Å². The smallest absolute Gasteiger partial charge is 0.274 e. The van der Waals surface area contributed by atoms with Crippen LogP contribution >= 0.6 is 0 Å². The molecule has 0 spiro atoms. The molecule has 5 rings (SSSR count). The fraction of sp³-hybridized carbons (Fsp3) is 0.200. The molecule has 144 valence electrons. The molecular formula is C20H18N8O. The minimum absolute atomic E-state index is 0.0929. The highest BCUT2D eigenvalue weighted by molar-refractivity contribution is 5.94. The zero-order valence-corrected chi connectivity index (χ0v) is 15.6. The maximum Gasteiger partial charge on any atom is 0.274 e. The third-order valence-electron chi connectivity index (χ3n) is 4.97. The molecule has 9 heteroatoms. The van der Waals surface area contributed by atoms with Crippen LogP contribution in [0.15, 0.2) is 61.6 Å². The second kappa shape index (κ2) is 7.27. The topological polar surface area (TPSA) is 92.9 Å². The third kappa shape index (κ3) is 3.38. The van der Waals surface area contributed by atoms with Gasteiger partial charge in [-0.1, -0.05) is 12.1 Å². The average Bonchev–Trinajstić information content (AvgIpc) is 3.34. The van der Waals surface area contributed by atoms with Crippen molar-refractivity contribution in [2.75, 3.05) is 31.1 Å². The molecule has 0 atom stereocenters. The number of para-hydroxylation sites is 2. The lowest BCUT2D eigenvalue weighted by molar-refractivity contribution is 0.0740. The van der Waals surface area contributed by atoms with Gasteiger partial charge in [-0.05, 0) is 12.1 Å². The molecule has 1 saturated heterocycles. The lowest BCUT2D eigenvalue weighted by atomic mass is 10.2. The van der Waals surface area contributed by atoms with Gasteiger partial charge in [-0.2, -0.15) is 0 Å². The molecule has 9 nitrogen and oxygen atoms in total. The first-order valence-electron chi connectivity index (χ1n) is 9.34. The summed E-state index contributed by atoms with van der Waals surface area (Å²) in [5, 5.41) is 0. The van der Waals surface area contributed by atoms with E-state index in [2.05, 4.69) is 29.8 Å². The van der Waals surface area contributed by atoms with Gasteiger partial charge in [0.2, 0.25) is 0 Å². The second-order valence-corrected chi connectivity index (χ2v) is 6.73. The second-order valence-electron chi connectivity index (χ2n) is 6.73. The molecule has 1 aromatic carbocycles. The molecule has 29 heavy (non-hydrogen) atoms. The van der Waals surface area contributed by atoms with Crippen LogP contribution in [0.3, 0.4) is 0 Å². The van der Waals surface area contributed by atoms with Crippen molar-refractivity contribution in [3.63, 3.8) is 0 Å². The quantitative estimate of drug-likeness (QED) is 0.528. The van der Waals surface area contributed by atoms with Gasteiger partial charge < -0.3 is 9.80 Å². The normalized spacial score (nSPS) is 14.3. The number of aromatic nitrogens is 6. The first-order valence-corrected chi connectivity index (χ1v) is 9.34. The monoisotopic (exact) mass is 386 g/mol. The molecule has 1 amide bonds. The van der Waals surface area contributed by atoms with Crippen molar-refractivity contribution in [1.82, 2.24) is 34.4 Å². The summed E-state index contributed by atoms with van der Waals surface area (Å²) >= 11 is 0. The number of piperazine rings is 1. The Kier molecular flexibility index (Phi) is 4.32. The molecule has 1 aliphatic heterocycles.